The molecule has 1 saturated heterocycles. The number of aryl methyl sites for hydroxylation is 1. The van der Waals surface area contributed by atoms with Gasteiger partial charge in [-0.25, -0.2) is 0 Å². The lowest BCUT2D eigenvalue weighted by molar-refractivity contribution is -0.122. The lowest BCUT2D eigenvalue weighted by atomic mass is 10.1. The predicted octanol–water partition coefficient (Wildman–Crippen LogP) is 4.02. The number of hydrogen-bond acceptors (Lipinski definition) is 6. The fourth-order valence-electron chi connectivity index (χ4n) is 3.85. The van der Waals surface area contributed by atoms with Gasteiger partial charge in [0.2, 0.25) is 0 Å². The van der Waals surface area contributed by atoms with E-state index >= 15 is 0 Å². The number of amides is 3. The summed E-state index contributed by atoms with van der Waals surface area (Å²) in [6.45, 7) is 4.46. The topological polar surface area (TPSA) is 93.5 Å². The summed E-state index contributed by atoms with van der Waals surface area (Å²) in [6, 6.07) is 17.1. The van der Waals surface area contributed by atoms with Crippen molar-refractivity contribution in [1.82, 2.24) is 20.0 Å². The zero-order valence-corrected chi connectivity index (χ0v) is 20.6. The number of benzene rings is 2. The van der Waals surface area contributed by atoms with Gasteiger partial charge in [0.05, 0.1) is 29.8 Å². The zero-order valence-electron chi connectivity index (χ0n) is 19.8. The van der Waals surface area contributed by atoms with Crippen LogP contribution in [-0.4, -0.2) is 51.9 Å². The van der Waals surface area contributed by atoms with Crippen LogP contribution in [-0.2, 0) is 11.3 Å². The van der Waals surface area contributed by atoms with E-state index in [0.717, 1.165) is 33.5 Å². The van der Waals surface area contributed by atoms with Crippen LogP contribution in [0.1, 0.15) is 32.9 Å². The summed E-state index contributed by atoms with van der Waals surface area (Å²) in [6.07, 6.45) is 1.68. The summed E-state index contributed by atoms with van der Waals surface area (Å²) in [5, 5.41) is 6.98. The van der Waals surface area contributed by atoms with Crippen molar-refractivity contribution < 1.29 is 19.1 Å². The molecule has 180 valence electrons. The van der Waals surface area contributed by atoms with Crippen LogP contribution in [0.15, 0.2) is 59.5 Å². The fraction of sp³-hybridized carbons (Fsp3) is 0.231. The molecule has 2 heterocycles. The average molecular weight is 491 g/mol. The highest BCUT2D eigenvalue weighted by molar-refractivity contribution is 8.18. The number of carbonyl (C=O) groups is 3. The highest BCUT2D eigenvalue weighted by atomic mass is 32.2. The first kappa shape index (κ1) is 24.3. The van der Waals surface area contributed by atoms with Gasteiger partial charge in [0, 0.05) is 18.8 Å². The maximum atomic E-state index is 12.9. The molecule has 0 unspecified atom stereocenters. The van der Waals surface area contributed by atoms with E-state index in [-0.39, 0.29) is 30.1 Å². The molecule has 1 N–H and O–H groups in total. The number of methoxy groups -OCH3 is 1. The van der Waals surface area contributed by atoms with Crippen LogP contribution in [0.25, 0.3) is 6.08 Å². The summed E-state index contributed by atoms with van der Waals surface area (Å²) < 4.78 is 6.94. The number of carbonyl (C=O) groups excluding carboxylic acids is 3. The Morgan fingerprint density at radius 3 is 2.49 bits per heavy atom. The Bertz CT molecular complexity index is 1280. The predicted molar refractivity (Wildman–Crippen MR) is 135 cm³/mol. The molecule has 8 nitrogen and oxygen atoms in total. The van der Waals surface area contributed by atoms with E-state index in [2.05, 4.69) is 10.4 Å². The SMILES string of the molecule is COc1ccc(/C=C2/SC(=O)N(CCNC(=O)c3c(C)nn(Cc4ccccc4)c3C)C2=O)cc1. The molecule has 2 aromatic carbocycles. The first-order valence-electron chi connectivity index (χ1n) is 11.1. The average Bonchev–Trinajstić information content (AvgIpc) is 3.28. The van der Waals surface area contributed by atoms with Crippen LogP contribution in [0.2, 0.25) is 0 Å². The van der Waals surface area contributed by atoms with Crippen molar-refractivity contribution in [2.75, 3.05) is 20.2 Å². The Labute approximate surface area is 208 Å². The Hall–Kier alpha value is -3.85. The van der Waals surface area contributed by atoms with Gasteiger partial charge in [-0.1, -0.05) is 42.5 Å². The van der Waals surface area contributed by atoms with E-state index in [1.807, 2.05) is 49.4 Å². The van der Waals surface area contributed by atoms with Crippen molar-refractivity contribution in [1.29, 1.82) is 0 Å². The van der Waals surface area contributed by atoms with Crippen LogP contribution < -0.4 is 10.1 Å². The molecule has 0 atom stereocenters. The van der Waals surface area contributed by atoms with E-state index in [4.69, 9.17) is 4.74 Å². The molecule has 3 amide bonds. The summed E-state index contributed by atoms with van der Waals surface area (Å²) in [4.78, 5) is 39.5. The van der Waals surface area contributed by atoms with Gasteiger partial charge in [0.15, 0.2) is 0 Å². The van der Waals surface area contributed by atoms with Gasteiger partial charge in [0.25, 0.3) is 17.1 Å². The Balaban J connectivity index is 1.36. The van der Waals surface area contributed by atoms with Crippen LogP contribution in [0.3, 0.4) is 0 Å². The fourth-order valence-corrected chi connectivity index (χ4v) is 4.71. The van der Waals surface area contributed by atoms with E-state index in [9.17, 15) is 14.4 Å². The van der Waals surface area contributed by atoms with Gasteiger partial charge >= 0.3 is 0 Å². The van der Waals surface area contributed by atoms with Crippen LogP contribution in [0.5, 0.6) is 5.75 Å². The standard InChI is InChI=1S/C26H26N4O4S/c1-17-23(18(2)30(28-17)16-20-7-5-4-6-8-20)24(31)27-13-14-29-25(32)22(35-26(29)33)15-19-9-11-21(34-3)12-10-19/h4-12,15H,13-14,16H2,1-3H3,(H,27,31)/b22-15+. The maximum Gasteiger partial charge on any atom is 0.293 e. The minimum Gasteiger partial charge on any atom is -0.497 e. The van der Waals surface area contributed by atoms with Crippen LogP contribution >= 0.6 is 11.8 Å². The highest BCUT2D eigenvalue weighted by Crippen LogP contribution is 2.32. The molecule has 0 radical (unpaired) electrons. The summed E-state index contributed by atoms with van der Waals surface area (Å²) >= 11 is 0.892. The minimum absolute atomic E-state index is 0.0899. The van der Waals surface area contributed by atoms with Crippen LogP contribution in [0, 0.1) is 13.8 Å². The number of aromatic nitrogens is 2. The molecular weight excluding hydrogens is 464 g/mol. The molecule has 0 bridgehead atoms. The molecule has 9 heteroatoms. The van der Waals surface area contributed by atoms with Gasteiger partial charge in [-0.2, -0.15) is 5.10 Å². The van der Waals surface area contributed by atoms with Gasteiger partial charge in [-0.3, -0.25) is 24.0 Å². The van der Waals surface area contributed by atoms with Crippen molar-refractivity contribution in [3.8, 4) is 5.75 Å². The first-order valence-corrected chi connectivity index (χ1v) is 11.9. The molecule has 1 aromatic heterocycles. The van der Waals surface area contributed by atoms with Gasteiger partial charge in [0.1, 0.15) is 5.75 Å². The van der Waals surface area contributed by atoms with Gasteiger partial charge < -0.3 is 10.1 Å². The normalized spacial score (nSPS) is 14.6. The Morgan fingerprint density at radius 1 is 1.09 bits per heavy atom. The highest BCUT2D eigenvalue weighted by Gasteiger charge is 2.34. The van der Waals surface area contributed by atoms with Crippen molar-refractivity contribution in [2.45, 2.75) is 20.4 Å². The molecule has 0 saturated carbocycles. The maximum absolute atomic E-state index is 12.9. The smallest absolute Gasteiger partial charge is 0.293 e. The lowest BCUT2D eigenvalue weighted by Gasteiger charge is -2.13. The van der Waals surface area contributed by atoms with Gasteiger partial charge in [-0.05, 0) is 54.9 Å². The number of thioether (sulfide) groups is 1. The Morgan fingerprint density at radius 2 is 1.80 bits per heavy atom. The molecular formula is C26H26N4O4S. The molecule has 1 fully saturated rings. The second kappa shape index (κ2) is 10.6. The lowest BCUT2D eigenvalue weighted by Crippen LogP contribution is -2.37. The summed E-state index contributed by atoms with van der Waals surface area (Å²) in [5.41, 5.74) is 3.78. The van der Waals surface area contributed by atoms with Crippen molar-refractivity contribution in [2.24, 2.45) is 0 Å². The number of imide groups is 1. The number of nitrogens with zero attached hydrogens (tertiary/aromatic N) is 3. The van der Waals surface area contributed by atoms with E-state index in [0.29, 0.717) is 28.5 Å². The summed E-state index contributed by atoms with van der Waals surface area (Å²) in [7, 11) is 1.58. The van der Waals surface area contributed by atoms with Crippen molar-refractivity contribution in [3.05, 3.63) is 87.6 Å². The second-order valence-corrected chi connectivity index (χ2v) is 9.04. The third-order valence-corrected chi connectivity index (χ3v) is 6.60. The largest absolute Gasteiger partial charge is 0.497 e. The van der Waals surface area contributed by atoms with E-state index < -0.39 is 0 Å². The molecule has 1 aliphatic heterocycles. The summed E-state index contributed by atoms with van der Waals surface area (Å²) in [5.74, 6) is 0.0650. The van der Waals surface area contributed by atoms with Gasteiger partial charge in [-0.15, -0.1) is 0 Å². The second-order valence-electron chi connectivity index (χ2n) is 8.05. The molecule has 4 rings (SSSR count). The number of ether oxygens (including phenoxy) is 1. The number of hydrogen-bond donors (Lipinski definition) is 1. The quantitative estimate of drug-likeness (QED) is 0.480. The zero-order chi connectivity index (χ0) is 24.9. The third kappa shape index (κ3) is 5.46. The van der Waals surface area contributed by atoms with Crippen molar-refractivity contribution >= 4 is 34.9 Å². The molecule has 0 spiro atoms. The monoisotopic (exact) mass is 490 g/mol. The Kier molecular flexibility index (Phi) is 7.36. The number of nitrogens with one attached hydrogen (secondary N) is 1. The third-order valence-electron chi connectivity index (χ3n) is 5.69. The minimum atomic E-state index is -0.367. The van der Waals surface area contributed by atoms with E-state index in [1.54, 1.807) is 36.9 Å². The molecule has 0 aliphatic carbocycles. The molecule has 3 aromatic rings. The van der Waals surface area contributed by atoms with E-state index in [1.165, 1.54) is 0 Å². The van der Waals surface area contributed by atoms with Crippen molar-refractivity contribution in [3.63, 3.8) is 0 Å². The first-order chi connectivity index (χ1) is 16.9. The molecule has 1 aliphatic rings. The van der Waals surface area contributed by atoms with Crippen LogP contribution in [0.4, 0.5) is 4.79 Å². The molecule has 35 heavy (non-hydrogen) atoms. The number of rotatable bonds is 8.